The summed E-state index contributed by atoms with van der Waals surface area (Å²) < 4.78 is 5.05. The highest BCUT2D eigenvalue weighted by molar-refractivity contribution is 7.20. The lowest BCUT2D eigenvalue weighted by Crippen LogP contribution is -2.31. The molecular weight excluding hydrogens is 394 g/mol. The molecule has 0 spiro atoms. The zero-order valence-corrected chi connectivity index (χ0v) is 17.1. The van der Waals surface area contributed by atoms with Crippen LogP contribution in [0.25, 0.3) is 9.88 Å². The molecule has 3 aromatic rings. The number of aromatic nitrogens is 1. The first-order valence-corrected chi connectivity index (χ1v) is 10.6. The molecule has 1 amide bonds. The molecule has 2 heterocycles. The smallest absolute Gasteiger partial charge is 0.358 e. The number of hydrogen-bond acceptors (Lipinski definition) is 7. The number of para-hydroxylation sites is 1. The van der Waals surface area contributed by atoms with Gasteiger partial charge in [0.2, 0.25) is 0 Å². The molecule has 0 saturated carbocycles. The molecule has 2 aromatic heterocycles. The quantitative estimate of drug-likeness (QED) is 0.426. The van der Waals surface area contributed by atoms with E-state index in [9.17, 15) is 9.59 Å². The van der Waals surface area contributed by atoms with Crippen molar-refractivity contribution in [2.75, 3.05) is 31.6 Å². The van der Waals surface area contributed by atoms with E-state index in [0.717, 1.165) is 28.5 Å². The molecule has 8 heteroatoms. The molecule has 6 nitrogen and oxygen atoms in total. The van der Waals surface area contributed by atoms with Crippen molar-refractivity contribution < 1.29 is 14.3 Å². The Labute approximate surface area is 171 Å². The van der Waals surface area contributed by atoms with E-state index >= 15 is 0 Å². The molecule has 0 aliphatic carbocycles. The normalized spacial score (nSPS) is 10.5. The number of thiophene rings is 1. The first kappa shape index (κ1) is 20.0. The molecule has 1 N–H and O–H groups in total. The molecular formula is C20H21N3O3S2. The molecule has 0 bridgehead atoms. The zero-order valence-electron chi connectivity index (χ0n) is 15.5. The number of amides is 1. The summed E-state index contributed by atoms with van der Waals surface area (Å²) >= 11 is 2.94. The van der Waals surface area contributed by atoms with Gasteiger partial charge in [-0.05, 0) is 30.0 Å². The molecule has 3 rings (SSSR count). The average Bonchev–Trinajstić information content (AvgIpc) is 3.41. The number of anilines is 1. The van der Waals surface area contributed by atoms with Crippen LogP contribution in [0, 0.1) is 0 Å². The number of benzene rings is 1. The second kappa shape index (κ2) is 10.0. The van der Waals surface area contributed by atoms with Crippen LogP contribution in [0.2, 0.25) is 0 Å². The summed E-state index contributed by atoms with van der Waals surface area (Å²) in [5.41, 5.74) is 1.36. The van der Waals surface area contributed by atoms with E-state index in [1.807, 2.05) is 54.9 Å². The predicted octanol–water partition coefficient (Wildman–Crippen LogP) is 3.67. The van der Waals surface area contributed by atoms with E-state index in [4.69, 9.17) is 4.74 Å². The van der Waals surface area contributed by atoms with Crippen LogP contribution in [0.4, 0.5) is 5.69 Å². The van der Waals surface area contributed by atoms with Gasteiger partial charge in [-0.2, -0.15) is 0 Å². The fraction of sp³-hybridized carbons (Fsp3) is 0.250. The van der Waals surface area contributed by atoms with Crippen molar-refractivity contribution in [2.45, 2.75) is 6.42 Å². The number of hydrogen-bond donors (Lipinski definition) is 1. The van der Waals surface area contributed by atoms with Crippen LogP contribution in [0.15, 0.2) is 53.2 Å². The molecule has 1 aromatic carbocycles. The first-order valence-electron chi connectivity index (χ1n) is 8.83. The van der Waals surface area contributed by atoms with Crippen molar-refractivity contribution in [1.29, 1.82) is 0 Å². The van der Waals surface area contributed by atoms with Crippen LogP contribution in [0.5, 0.6) is 0 Å². The second-order valence-corrected chi connectivity index (χ2v) is 7.86. The molecule has 0 atom stereocenters. The standard InChI is InChI=1S/C20H21N3O3S2/c1-23(15-7-3-2-4-8-15)11-6-10-21-18(24)13-26-20(25)16-14-28-19(22-16)17-9-5-12-27-17/h2-5,7-9,12,14H,6,10-11,13H2,1H3,(H,21,24). The van der Waals surface area contributed by atoms with Gasteiger partial charge in [-0.3, -0.25) is 4.79 Å². The van der Waals surface area contributed by atoms with Crippen LogP contribution in [-0.4, -0.2) is 43.6 Å². The minimum Gasteiger partial charge on any atom is -0.451 e. The Balaban J connectivity index is 1.34. The highest BCUT2D eigenvalue weighted by atomic mass is 32.1. The van der Waals surface area contributed by atoms with Gasteiger partial charge in [-0.15, -0.1) is 22.7 Å². The molecule has 0 unspecified atom stereocenters. The summed E-state index contributed by atoms with van der Waals surface area (Å²) in [5.74, 6) is -0.901. The molecule has 0 aliphatic heterocycles. The van der Waals surface area contributed by atoms with Gasteiger partial charge in [0.15, 0.2) is 12.3 Å². The number of nitrogens with one attached hydrogen (secondary N) is 1. The Bertz CT molecular complexity index is 895. The third-order valence-corrected chi connectivity index (χ3v) is 5.85. The fourth-order valence-electron chi connectivity index (χ4n) is 2.49. The van der Waals surface area contributed by atoms with E-state index in [2.05, 4.69) is 15.2 Å². The average molecular weight is 416 g/mol. The Morgan fingerprint density at radius 1 is 1.14 bits per heavy atom. The number of carbonyl (C=O) groups excluding carboxylic acids is 2. The van der Waals surface area contributed by atoms with Gasteiger partial charge in [0, 0.05) is 31.2 Å². The third-order valence-electron chi connectivity index (χ3n) is 3.97. The summed E-state index contributed by atoms with van der Waals surface area (Å²) in [4.78, 5) is 31.3. The Kier molecular flexibility index (Phi) is 7.16. The predicted molar refractivity (Wildman–Crippen MR) is 113 cm³/mol. The van der Waals surface area contributed by atoms with Gasteiger partial charge in [-0.1, -0.05) is 24.3 Å². The van der Waals surface area contributed by atoms with Crippen molar-refractivity contribution in [3.8, 4) is 9.88 Å². The van der Waals surface area contributed by atoms with E-state index in [-0.39, 0.29) is 18.2 Å². The SMILES string of the molecule is CN(CCCNC(=O)COC(=O)c1csc(-c2cccs2)n1)c1ccccc1. The summed E-state index contributed by atoms with van der Waals surface area (Å²) in [6.45, 7) is 1.03. The van der Waals surface area contributed by atoms with Crippen molar-refractivity contribution >= 4 is 40.2 Å². The zero-order chi connectivity index (χ0) is 19.8. The molecule has 146 valence electrons. The maximum atomic E-state index is 12.0. The van der Waals surface area contributed by atoms with Crippen molar-refractivity contribution in [3.63, 3.8) is 0 Å². The van der Waals surface area contributed by atoms with Crippen LogP contribution in [0.1, 0.15) is 16.9 Å². The number of rotatable bonds is 9. The Morgan fingerprint density at radius 2 is 1.96 bits per heavy atom. The maximum Gasteiger partial charge on any atom is 0.358 e. The minimum absolute atomic E-state index is 0.227. The van der Waals surface area contributed by atoms with Crippen molar-refractivity contribution in [1.82, 2.24) is 10.3 Å². The summed E-state index contributed by atoms with van der Waals surface area (Å²) in [7, 11) is 2.01. The number of esters is 1. The van der Waals surface area contributed by atoms with Crippen molar-refractivity contribution in [2.24, 2.45) is 0 Å². The van der Waals surface area contributed by atoms with Crippen LogP contribution < -0.4 is 10.2 Å². The number of thiazole rings is 1. The number of nitrogens with zero attached hydrogens (tertiary/aromatic N) is 2. The Morgan fingerprint density at radius 3 is 2.71 bits per heavy atom. The number of ether oxygens (including phenoxy) is 1. The van der Waals surface area contributed by atoms with E-state index < -0.39 is 5.97 Å². The summed E-state index contributed by atoms with van der Waals surface area (Å²) in [6, 6.07) is 13.9. The lowest BCUT2D eigenvalue weighted by atomic mass is 10.3. The largest absolute Gasteiger partial charge is 0.451 e. The topological polar surface area (TPSA) is 71.5 Å². The number of carbonyl (C=O) groups is 2. The van der Waals surface area contributed by atoms with Gasteiger partial charge in [0.25, 0.3) is 5.91 Å². The van der Waals surface area contributed by atoms with Crippen LogP contribution in [0.3, 0.4) is 0 Å². The maximum absolute atomic E-state index is 12.0. The second-order valence-electron chi connectivity index (χ2n) is 6.05. The first-order chi connectivity index (χ1) is 13.6. The summed E-state index contributed by atoms with van der Waals surface area (Å²) in [5, 5.41) is 7.14. The Hall–Kier alpha value is -2.71. The van der Waals surface area contributed by atoms with Gasteiger partial charge < -0.3 is 15.0 Å². The molecule has 0 aliphatic rings. The van der Waals surface area contributed by atoms with E-state index in [1.54, 1.807) is 16.7 Å². The van der Waals surface area contributed by atoms with Crippen LogP contribution in [-0.2, 0) is 9.53 Å². The van der Waals surface area contributed by atoms with Gasteiger partial charge in [0.1, 0.15) is 5.01 Å². The lowest BCUT2D eigenvalue weighted by molar-refractivity contribution is -0.124. The molecule has 0 fully saturated rings. The van der Waals surface area contributed by atoms with Crippen LogP contribution >= 0.6 is 22.7 Å². The van der Waals surface area contributed by atoms with Gasteiger partial charge in [0.05, 0.1) is 4.88 Å². The lowest BCUT2D eigenvalue weighted by Gasteiger charge is -2.19. The molecule has 0 saturated heterocycles. The van der Waals surface area contributed by atoms with E-state index in [0.29, 0.717) is 6.54 Å². The monoisotopic (exact) mass is 415 g/mol. The summed E-state index contributed by atoms with van der Waals surface area (Å²) in [6.07, 6.45) is 0.793. The fourth-order valence-corrected chi connectivity index (χ4v) is 4.10. The third kappa shape index (κ3) is 5.64. The van der Waals surface area contributed by atoms with Gasteiger partial charge in [-0.25, -0.2) is 9.78 Å². The van der Waals surface area contributed by atoms with Gasteiger partial charge >= 0.3 is 5.97 Å². The molecule has 28 heavy (non-hydrogen) atoms. The molecule has 0 radical (unpaired) electrons. The van der Waals surface area contributed by atoms with E-state index in [1.165, 1.54) is 11.3 Å². The minimum atomic E-state index is -0.585. The highest BCUT2D eigenvalue weighted by Crippen LogP contribution is 2.27. The highest BCUT2D eigenvalue weighted by Gasteiger charge is 2.15. The van der Waals surface area contributed by atoms with Crippen molar-refractivity contribution in [3.05, 3.63) is 58.9 Å².